The Labute approximate surface area is 147 Å². The smallest absolute Gasteiger partial charge is 0.256 e. The molecule has 3 aromatic rings. The van der Waals surface area contributed by atoms with Crippen LogP contribution in [0.5, 0.6) is 0 Å². The van der Waals surface area contributed by atoms with Gasteiger partial charge in [0.1, 0.15) is 6.10 Å². The average molecular weight is 332 g/mol. The quantitative estimate of drug-likeness (QED) is 0.733. The first-order valence-electron chi connectivity index (χ1n) is 8.51. The minimum atomic E-state index is -0.0716. The first kappa shape index (κ1) is 15.7. The highest BCUT2D eigenvalue weighted by molar-refractivity contribution is 5.97. The van der Waals surface area contributed by atoms with Crippen molar-refractivity contribution in [3.05, 3.63) is 90.3 Å². The Hall–Kier alpha value is -2.85. The van der Waals surface area contributed by atoms with E-state index in [1.165, 1.54) is 0 Å². The second-order valence-electron chi connectivity index (χ2n) is 6.13. The highest BCUT2D eigenvalue weighted by Gasteiger charge is 2.27. The summed E-state index contributed by atoms with van der Waals surface area (Å²) >= 11 is 0. The van der Waals surface area contributed by atoms with Gasteiger partial charge in [-0.2, -0.15) is 0 Å². The molecule has 0 radical (unpaired) electrons. The Morgan fingerprint density at radius 2 is 1.64 bits per heavy atom. The standard InChI is InChI=1S/C21H20N2O2/c24-21(18-10-4-5-11-19(18)22-12-6-7-13-22)23-14-15-25-20(16-23)17-8-2-1-3-9-17/h1-13,20H,14-16H2. The molecule has 4 heteroatoms. The van der Waals surface area contributed by atoms with Crippen LogP contribution >= 0.6 is 0 Å². The van der Waals surface area contributed by atoms with Crippen LogP contribution in [-0.2, 0) is 4.74 Å². The number of amides is 1. The number of morpholine rings is 1. The molecular formula is C21H20N2O2. The topological polar surface area (TPSA) is 34.5 Å². The van der Waals surface area contributed by atoms with E-state index in [-0.39, 0.29) is 12.0 Å². The van der Waals surface area contributed by atoms with Gasteiger partial charge in [0.2, 0.25) is 0 Å². The Kier molecular flexibility index (Phi) is 4.36. The predicted octanol–water partition coefficient (Wildman–Crippen LogP) is 3.69. The number of carbonyl (C=O) groups excluding carboxylic acids is 1. The molecule has 126 valence electrons. The SMILES string of the molecule is O=C(c1ccccc1-n1cccc1)N1CCOC(c2ccccc2)C1. The minimum Gasteiger partial charge on any atom is -0.370 e. The molecule has 1 aliphatic heterocycles. The zero-order valence-electron chi connectivity index (χ0n) is 13.9. The van der Waals surface area contributed by atoms with Gasteiger partial charge in [-0.25, -0.2) is 0 Å². The van der Waals surface area contributed by atoms with Crippen molar-refractivity contribution in [2.24, 2.45) is 0 Å². The molecule has 4 nitrogen and oxygen atoms in total. The van der Waals surface area contributed by atoms with Crippen molar-refractivity contribution in [1.29, 1.82) is 0 Å². The van der Waals surface area contributed by atoms with Crippen LogP contribution in [0.25, 0.3) is 5.69 Å². The zero-order valence-corrected chi connectivity index (χ0v) is 13.9. The van der Waals surface area contributed by atoms with Crippen molar-refractivity contribution in [2.45, 2.75) is 6.10 Å². The molecule has 2 heterocycles. The Morgan fingerprint density at radius 1 is 0.920 bits per heavy atom. The fourth-order valence-corrected chi connectivity index (χ4v) is 3.25. The molecule has 0 aliphatic carbocycles. The lowest BCUT2D eigenvalue weighted by atomic mass is 10.1. The molecule has 0 spiro atoms. The number of benzene rings is 2. The van der Waals surface area contributed by atoms with Gasteiger partial charge in [0.25, 0.3) is 5.91 Å². The van der Waals surface area contributed by atoms with Crippen LogP contribution in [-0.4, -0.2) is 35.1 Å². The molecule has 1 aromatic heterocycles. The maximum atomic E-state index is 13.1. The van der Waals surface area contributed by atoms with E-state index >= 15 is 0 Å². The molecule has 1 saturated heterocycles. The van der Waals surface area contributed by atoms with E-state index in [4.69, 9.17) is 4.74 Å². The Balaban J connectivity index is 1.59. The second-order valence-corrected chi connectivity index (χ2v) is 6.13. The molecule has 1 fully saturated rings. The predicted molar refractivity (Wildman–Crippen MR) is 96.8 cm³/mol. The summed E-state index contributed by atoms with van der Waals surface area (Å²) in [7, 11) is 0. The van der Waals surface area contributed by atoms with E-state index in [0.717, 1.165) is 11.3 Å². The van der Waals surface area contributed by atoms with Crippen LogP contribution in [0.1, 0.15) is 22.0 Å². The molecule has 1 atom stereocenters. The fraction of sp³-hybridized carbons (Fsp3) is 0.190. The summed E-state index contributed by atoms with van der Waals surface area (Å²) in [4.78, 5) is 15.0. The van der Waals surface area contributed by atoms with Crippen LogP contribution < -0.4 is 0 Å². The summed E-state index contributed by atoms with van der Waals surface area (Å²) in [6.07, 6.45) is 3.84. The number of para-hydroxylation sites is 1. The van der Waals surface area contributed by atoms with Gasteiger partial charge >= 0.3 is 0 Å². The van der Waals surface area contributed by atoms with E-state index in [2.05, 4.69) is 0 Å². The van der Waals surface area contributed by atoms with Crippen LogP contribution in [0, 0.1) is 0 Å². The van der Waals surface area contributed by atoms with Crippen molar-refractivity contribution >= 4 is 5.91 Å². The van der Waals surface area contributed by atoms with Crippen LogP contribution in [0.15, 0.2) is 79.1 Å². The van der Waals surface area contributed by atoms with Crippen molar-refractivity contribution in [3.63, 3.8) is 0 Å². The number of ether oxygens (including phenoxy) is 1. The average Bonchev–Trinajstić information content (AvgIpc) is 3.23. The van der Waals surface area contributed by atoms with Crippen LogP contribution in [0.2, 0.25) is 0 Å². The maximum absolute atomic E-state index is 13.1. The lowest BCUT2D eigenvalue weighted by Gasteiger charge is -2.33. The van der Waals surface area contributed by atoms with Gasteiger partial charge < -0.3 is 14.2 Å². The van der Waals surface area contributed by atoms with Gasteiger partial charge in [-0.05, 0) is 29.8 Å². The molecule has 25 heavy (non-hydrogen) atoms. The molecule has 0 N–H and O–H groups in total. The molecular weight excluding hydrogens is 312 g/mol. The van der Waals surface area contributed by atoms with E-state index < -0.39 is 0 Å². The Morgan fingerprint density at radius 3 is 2.44 bits per heavy atom. The van der Waals surface area contributed by atoms with Gasteiger partial charge in [0.15, 0.2) is 0 Å². The number of hydrogen-bond acceptors (Lipinski definition) is 2. The first-order chi connectivity index (χ1) is 12.3. The molecule has 1 amide bonds. The summed E-state index contributed by atoms with van der Waals surface area (Å²) in [5.41, 5.74) is 2.73. The second kappa shape index (κ2) is 6.95. The van der Waals surface area contributed by atoms with Crippen LogP contribution in [0.3, 0.4) is 0 Å². The molecule has 1 aliphatic rings. The van der Waals surface area contributed by atoms with E-state index in [1.54, 1.807) is 0 Å². The lowest BCUT2D eigenvalue weighted by Crippen LogP contribution is -2.42. The summed E-state index contributed by atoms with van der Waals surface area (Å²) < 4.78 is 7.86. The Bertz CT molecular complexity index is 843. The first-order valence-corrected chi connectivity index (χ1v) is 8.51. The maximum Gasteiger partial charge on any atom is 0.256 e. The zero-order chi connectivity index (χ0) is 17.1. The fourth-order valence-electron chi connectivity index (χ4n) is 3.25. The van der Waals surface area contributed by atoms with Crippen molar-refractivity contribution < 1.29 is 9.53 Å². The largest absolute Gasteiger partial charge is 0.370 e. The highest BCUT2D eigenvalue weighted by atomic mass is 16.5. The monoisotopic (exact) mass is 332 g/mol. The lowest BCUT2D eigenvalue weighted by molar-refractivity contribution is -0.0228. The van der Waals surface area contributed by atoms with Crippen molar-refractivity contribution in [2.75, 3.05) is 19.7 Å². The number of rotatable bonds is 3. The normalized spacial score (nSPS) is 17.4. The number of carbonyl (C=O) groups is 1. The third-order valence-corrected chi connectivity index (χ3v) is 4.54. The van der Waals surface area contributed by atoms with Gasteiger partial charge in [0, 0.05) is 18.9 Å². The molecule has 0 saturated carbocycles. The van der Waals surface area contributed by atoms with E-state index in [0.29, 0.717) is 25.3 Å². The molecule has 4 rings (SSSR count). The van der Waals surface area contributed by atoms with Crippen molar-refractivity contribution in [1.82, 2.24) is 9.47 Å². The number of nitrogens with zero attached hydrogens (tertiary/aromatic N) is 2. The summed E-state index contributed by atoms with van der Waals surface area (Å²) in [5.74, 6) is 0.0496. The summed E-state index contributed by atoms with van der Waals surface area (Å²) in [6, 6.07) is 21.7. The molecule has 0 bridgehead atoms. The third kappa shape index (κ3) is 3.21. The molecule has 1 unspecified atom stereocenters. The van der Waals surface area contributed by atoms with Gasteiger partial charge in [-0.3, -0.25) is 4.79 Å². The van der Waals surface area contributed by atoms with Crippen molar-refractivity contribution in [3.8, 4) is 5.69 Å². The van der Waals surface area contributed by atoms with Gasteiger partial charge in [-0.15, -0.1) is 0 Å². The van der Waals surface area contributed by atoms with E-state index in [1.807, 2.05) is 88.6 Å². The minimum absolute atomic E-state index is 0.0496. The number of aromatic nitrogens is 1. The van der Waals surface area contributed by atoms with Gasteiger partial charge in [-0.1, -0.05) is 42.5 Å². The van der Waals surface area contributed by atoms with Crippen LogP contribution in [0.4, 0.5) is 0 Å². The summed E-state index contributed by atoms with van der Waals surface area (Å²) in [6.45, 7) is 1.74. The molecule has 2 aromatic carbocycles. The highest BCUT2D eigenvalue weighted by Crippen LogP contribution is 2.24. The van der Waals surface area contributed by atoms with E-state index in [9.17, 15) is 4.79 Å². The number of hydrogen-bond donors (Lipinski definition) is 0. The van der Waals surface area contributed by atoms with Gasteiger partial charge in [0.05, 0.1) is 24.4 Å². The third-order valence-electron chi connectivity index (χ3n) is 4.54. The summed E-state index contributed by atoms with van der Waals surface area (Å²) in [5, 5.41) is 0.